The van der Waals surface area contributed by atoms with E-state index in [1.807, 2.05) is 74.5 Å². The predicted molar refractivity (Wildman–Crippen MR) is 148 cm³/mol. The molecule has 0 amide bonds. The molecule has 0 aliphatic heterocycles. The van der Waals surface area contributed by atoms with Gasteiger partial charge >= 0.3 is 0 Å². The van der Waals surface area contributed by atoms with E-state index in [1.165, 1.54) is 0 Å². The van der Waals surface area contributed by atoms with Crippen molar-refractivity contribution in [3.05, 3.63) is 107 Å². The average Bonchev–Trinajstić information content (AvgIpc) is 2.99. The highest BCUT2D eigenvalue weighted by molar-refractivity contribution is 5.63. The maximum atomic E-state index is 12.8. The van der Waals surface area contributed by atoms with Gasteiger partial charge in [0.25, 0.3) is 0 Å². The number of aliphatic hydroxyl groups is 2. The molecular formula is C32H36O6. The Balaban J connectivity index is 0.00000164. The van der Waals surface area contributed by atoms with Gasteiger partial charge in [0.05, 0.1) is 39.6 Å². The van der Waals surface area contributed by atoms with E-state index >= 15 is 0 Å². The van der Waals surface area contributed by atoms with Crippen LogP contribution >= 0.6 is 0 Å². The molecule has 0 saturated heterocycles. The van der Waals surface area contributed by atoms with Gasteiger partial charge in [-0.3, -0.25) is 0 Å². The van der Waals surface area contributed by atoms with E-state index in [-0.39, 0.29) is 0 Å². The van der Waals surface area contributed by atoms with Crippen LogP contribution in [-0.2, 0) is 11.2 Å². The van der Waals surface area contributed by atoms with Crippen molar-refractivity contribution in [3.8, 4) is 23.0 Å². The molecule has 2 aliphatic carbocycles. The maximum absolute atomic E-state index is 12.8. The lowest BCUT2D eigenvalue weighted by molar-refractivity contribution is -0.0746. The molecule has 6 heteroatoms. The molecule has 0 spiro atoms. The molecule has 0 heterocycles. The number of benzene rings is 3. The molecular weight excluding hydrogens is 480 g/mol. The third kappa shape index (κ3) is 3.87. The normalized spacial score (nSPS) is 24.8. The van der Waals surface area contributed by atoms with Crippen LogP contribution in [0.3, 0.4) is 0 Å². The summed E-state index contributed by atoms with van der Waals surface area (Å²) in [5.41, 5.74) is -1.06. The van der Waals surface area contributed by atoms with Crippen molar-refractivity contribution in [2.75, 3.05) is 28.4 Å². The van der Waals surface area contributed by atoms with Gasteiger partial charge in [-0.25, -0.2) is 0 Å². The molecule has 2 N–H and O–H groups in total. The van der Waals surface area contributed by atoms with Gasteiger partial charge in [-0.05, 0) is 35.4 Å². The Hall–Kier alpha value is -3.74. The van der Waals surface area contributed by atoms with Gasteiger partial charge in [-0.2, -0.15) is 0 Å². The van der Waals surface area contributed by atoms with E-state index < -0.39 is 23.0 Å². The molecule has 6 nitrogen and oxygen atoms in total. The molecule has 3 aromatic rings. The monoisotopic (exact) mass is 516 g/mol. The molecule has 0 saturated carbocycles. The van der Waals surface area contributed by atoms with E-state index in [9.17, 15) is 10.2 Å². The first-order valence-electron chi connectivity index (χ1n) is 12.8. The first kappa shape index (κ1) is 27.3. The summed E-state index contributed by atoms with van der Waals surface area (Å²) in [6, 6.07) is 18.3. The van der Waals surface area contributed by atoms with Gasteiger partial charge in [0.2, 0.25) is 0 Å². The summed E-state index contributed by atoms with van der Waals surface area (Å²) in [4.78, 5) is 0. The van der Waals surface area contributed by atoms with Crippen molar-refractivity contribution >= 4 is 0 Å². The summed E-state index contributed by atoms with van der Waals surface area (Å²) >= 11 is 0. The zero-order valence-electron chi connectivity index (χ0n) is 22.8. The van der Waals surface area contributed by atoms with Gasteiger partial charge in [-0.1, -0.05) is 74.5 Å². The molecule has 4 atom stereocenters. The highest BCUT2D eigenvalue weighted by Gasteiger charge is 2.60. The van der Waals surface area contributed by atoms with Gasteiger partial charge in [-0.15, -0.1) is 0 Å². The zero-order chi connectivity index (χ0) is 27.5. The third-order valence-electron chi connectivity index (χ3n) is 7.47. The second kappa shape index (κ2) is 10.9. The summed E-state index contributed by atoms with van der Waals surface area (Å²) in [6.07, 6.45) is 7.64. The van der Waals surface area contributed by atoms with Crippen LogP contribution in [0.2, 0.25) is 0 Å². The number of allylic oxidation sites excluding steroid dienone is 2. The van der Waals surface area contributed by atoms with Crippen LogP contribution in [0, 0.1) is 11.8 Å². The largest absolute Gasteiger partial charge is 0.496 e. The van der Waals surface area contributed by atoms with Crippen molar-refractivity contribution in [2.24, 2.45) is 11.8 Å². The molecule has 0 radical (unpaired) electrons. The van der Waals surface area contributed by atoms with E-state index in [1.54, 1.807) is 52.7 Å². The van der Waals surface area contributed by atoms with Crippen LogP contribution < -0.4 is 18.9 Å². The summed E-state index contributed by atoms with van der Waals surface area (Å²) in [7, 11) is 6.28. The number of hydrogen-bond acceptors (Lipinski definition) is 6. The van der Waals surface area contributed by atoms with Crippen LogP contribution in [-0.4, -0.2) is 38.7 Å². The number of ether oxygens (including phenoxy) is 4. The van der Waals surface area contributed by atoms with Crippen molar-refractivity contribution in [2.45, 2.75) is 25.0 Å². The molecule has 5 rings (SSSR count). The highest BCUT2D eigenvalue weighted by atomic mass is 16.5. The quantitative estimate of drug-likeness (QED) is 0.445. The SMILES string of the molecule is CC.COc1cccc(OC)c1C1(O)c2ccccc2C(O)(c2c(OC)cccc2OC)C2C=CC=CC21. The molecule has 0 aromatic heterocycles. The number of fused-ring (bicyclic) bond motifs is 2. The summed E-state index contributed by atoms with van der Waals surface area (Å²) in [6.45, 7) is 4.00. The third-order valence-corrected chi connectivity index (χ3v) is 7.47. The molecule has 3 aromatic carbocycles. The van der Waals surface area contributed by atoms with Crippen LogP contribution in [0.25, 0.3) is 0 Å². The lowest BCUT2D eigenvalue weighted by atomic mass is 9.54. The molecule has 38 heavy (non-hydrogen) atoms. The Morgan fingerprint density at radius 2 is 0.842 bits per heavy atom. The first-order chi connectivity index (χ1) is 18.5. The highest BCUT2D eigenvalue weighted by Crippen LogP contribution is 2.61. The lowest BCUT2D eigenvalue weighted by Gasteiger charge is -2.53. The van der Waals surface area contributed by atoms with Crippen molar-refractivity contribution in [1.29, 1.82) is 0 Å². The predicted octanol–water partition coefficient (Wildman–Crippen LogP) is 5.59. The second-order valence-electron chi connectivity index (χ2n) is 8.97. The molecule has 0 fully saturated rings. The summed E-state index contributed by atoms with van der Waals surface area (Å²) < 4.78 is 22.9. The standard InChI is InChI=1S/C30H30O6.C2H6/c1-33-23-15-9-16-24(34-2)27(23)29(31)19-11-5-7-13-21(19)30(32,22-14-8-6-12-20(22)29)28-25(35-3)17-10-18-26(28)36-4;1-2/h5-19,21,31-32H,1-4H3;1-2H3. The lowest BCUT2D eigenvalue weighted by Crippen LogP contribution is -2.54. The first-order valence-corrected chi connectivity index (χ1v) is 12.8. The zero-order valence-corrected chi connectivity index (χ0v) is 22.8. The van der Waals surface area contributed by atoms with Gasteiger partial charge in [0.1, 0.15) is 34.2 Å². The topological polar surface area (TPSA) is 77.4 Å². The fourth-order valence-electron chi connectivity index (χ4n) is 5.97. The molecule has 200 valence electrons. The Bertz CT molecular complexity index is 1200. The van der Waals surface area contributed by atoms with Gasteiger partial charge in [0.15, 0.2) is 0 Å². The van der Waals surface area contributed by atoms with E-state index in [0.717, 1.165) is 0 Å². The maximum Gasteiger partial charge on any atom is 0.129 e. The van der Waals surface area contributed by atoms with Crippen molar-refractivity contribution < 1.29 is 29.2 Å². The Kier molecular flexibility index (Phi) is 7.86. The van der Waals surface area contributed by atoms with Gasteiger partial charge < -0.3 is 29.2 Å². The molecule has 4 unspecified atom stereocenters. The smallest absolute Gasteiger partial charge is 0.129 e. The number of methoxy groups -OCH3 is 4. The summed E-state index contributed by atoms with van der Waals surface area (Å²) in [5, 5.41) is 25.7. The number of rotatable bonds is 6. The molecule has 2 aliphatic rings. The van der Waals surface area contributed by atoms with E-state index in [4.69, 9.17) is 18.9 Å². The second-order valence-corrected chi connectivity index (χ2v) is 8.97. The Morgan fingerprint density at radius 3 is 1.13 bits per heavy atom. The average molecular weight is 517 g/mol. The molecule has 0 bridgehead atoms. The van der Waals surface area contributed by atoms with Crippen LogP contribution in [0.4, 0.5) is 0 Å². The fraction of sp³-hybridized carbons (Fsp3) is 0.312. The Morgan fingerprint density at radius 1 is 0.526 bits per heavy atom. The van der Waals surface area contributed by atoms with Crippen molar-refractivity contribution in [3.63, 3.8) is 0 Å². The Labute approximate surface area is 224 Å². The van der Waals surface area contributed by atoms with Crippen molar-refractivity contribution in [1.82, 2.24) is 0 Å². The van der Waals surface area contributed by atoms with Crippen LogP contribution in [0.15, 0.2) is 85.0 Å². The minimum atomic E-state index is -1.58. The van der Waals surface area contributed by atoms with Crippen LogP contribution in [0.1, 0.15) is 36.1 Å². The minimum absolute atomic E-state index is 0.494. The minimum Gasteiger partial charge on any atom is -0.496 e. The van der Waals surface area contributed by atoms with E-state index in [0.29, 0.717) is 45.3 Å². The summed E-state index contributed by atoms with van der Waals surface area (Å²) in [5.74, 6) is 0.814. The fourth-order valence-corrected chi connectivity index (χ4v) is 5.97. The van der Waals surface area contributed by atoms with Gasteiger partial charge in [0, 0.05) is 11.8 Å². The van der Waals surface area contributed by atoms with Crippen LogP contribution in [0.5, 0.6) is 23.0 Å². The van der Waals surface area contributed by atoms with E-state index in [2.05, 4.69) is 0 Å². The number of hydrogen-bond donors (Lipinski definition) is 2.